The lowest BCUT2D eigenvalue weighted by Gasteiger charge is -2.33. The van der Waals surface area contributed by atoms with Gasteiger partial charge in [0.25, 0.3) is 0 Å². The van der Waals surface area contributed by atoms with E-state index >= 15 is 0 Å². The molecule has 0 unspecified atom stereocenters. The maximum absolute atomic E-state index is 13.3. The normalized spacial score (nSPS) is 20.9. The van der Waals surface area contributed by atoms with Crippen LogP contribution >= 0.6 is 0 Å². The smallest absolute Gasteiger partial charge is 0.136 e. The first-order valence-electron chi connectivity index (χ1n) is 4.37. The first kappa shape index (κ1) is 8.69. The Morgan fingerprint density at radius 2 is 2.18 bits per heavy atom. The van der Waals surface area contributed by atoms with Crippen molar-refractivity contribution in [2.45, 2.75) is 51.1 Å². The number of alkyl halides is 1. The molecule has 1 nitrogen and oxygen atoms in total. The number of halogens is 1. The van der Waals surface area contributed by atoms with Crippen LogP contribution in [0.15, 0.2) is 0 Å². The van der Waals surface area contributed by atoms with Gasteiger partial charge in [-0.1, -0.05) is 6.92 Å². The second kappa shape index (κ2) is 3.33. The molecular formula is C9H15FO. The molecule has 0 aromatic carbocycles. The van der Waals surface area contributed by atoms with Crippen LogP contribution in [0.4, 0.5) is 4.39 Å². The molecular weight excluding hydrogens is 143 g/mol. The van der Waals surface area contributed by atoms with Crippen molar-refractivity contribution in [2.75, 3.05) is 0 Å². The molecule has 0 aliphatic heterocycles. The summed E-state index contributed by atoms with van der Waals surface area (Å²) in [5, 5.41) is 0. The van der Waals surface area contributed by atoms with Crippen molar-refractivity contribution in [3.63, 3.8) is 0 Å². The Kier molecular flexibility index (Phi) is 2.63. The summed E-state index contributed by atoms with van der Waals surface area (Å²) in [7, 11) is 0. The van der Waals surface area contributed by atoms with E-state index in [0.29, 0.717) is 19.3 Å². The highest BCUT2D eigenvalue weighted by Crippen LogP contribution is 2.39. The summed E-state index contributed by atoms with van der Waals surface area (Å²) in [5.41, 5.74) is -1.10. The van der Waals surface area contributed by atoms with Crippen LogP contribution in [0.1, 0.15) is 45.4 Å². The van der Waals surface area contributed by atoms with Gasteiger partial charge in [0, 0.05) is 12.8 Å². The van der Waals surface area contributed by atoms with Gasteiger partial charge in [-0.3, -0.25) is 4.79 Å². The molecule has 64 valence electrons. The summed E-state index contributed by atoms with van der Waals surface area (Å²) in [6.45, 7) is 1.95. The van der Waals surface area contributed by atoms with Crippen LogP contribution in [0.3, 0.4) is 0 Å². The molecule has 0 atom stereocenters. The summed E-state index contributed by atoms with van der Waals surface area (Å²) in [6.07, 6.45) is 3.71. The Morgan fingerprint density at radius 3 is 2.55 bits per heavy atom. The Morgan fingerprint density at radius 1 is 1.55 bits per heavy atom. The average Bonchev–Trinajstić information content (AvgIpc) is 1.85. The predicted molar refractivity (Wildman–Crippen MR) is 42.2 cm³/mol. The van der Waals surface area contributed by atoms with E-state index in [2.05, 4.69) is 0 Å². The monoisotopic (exact) mass is 158 g/mol. The molecule has 0 bridgehead atoms. The number of hydrogen-bond acceptors (Lipinski definition) is 1. The molecule has 2 heteroatoms. The van der Waals surface area contributed by atoms with Crippen LogP contribution in [0.5, 0.6) is 0 Å². The van der Waals surface area contributed by atoms with E-state index in [1.807, 2.05) is 6.92 Å². The fourth-order valence-corrected chi connectivity index (χ4v) is 1.46. The van der Waals surface area contributed by atoms with Gasteiger partial charge in [0.05, 0.1) is 0 Å². The molecule has 0 N–H and O–H groups in total. The minimum atomic E-state index is -1.10. The van der Waals surface area contributed by atoms with Gasteiger partial charge in [-0.15, -0.1) is 0 Å². The van der Waals surface area contributed by atoms with E-state index in [0.717, 1.165) is 12.8 Å². The molecule has 1 saturated carbocycles. The first-order chi connectivity index (χ1) is 5.16. The summed E-state index contributed by atoms with van der Waals surface area (Å²) < 4.78 is 13.3. The van der Waals surface area contributed by atoms with Crippen LogP contribution in [0.2, 0.25) is 0 Å². The molecule has 1 fully saturated rings. The van der Waals surface area contributed by atoms with E-state index < -0.39 is 5.67 Å². The lowest BCUT2D eigenvalue weighted by molar-refractivity contribution is -0.123. The van der Waals surface area contributed by atoms with Gasteiger partial charge in [0.2, 0.25) is 0 Å². The van der Waals surface area contributed by atoms with Crippen LogP contribution in [0.25, 0.3) is 0 Å². The Labute approximate surface area is 67.0 Å². The van der Waals surface area contributed by atoms with Gasteiger partial charge in [-0.2, -0.15) is 0 Å². The quantitative estimate of drug-likeness (QED) is 0.614. The van der Waals surface area contributed by atoms with Gasteiger partial charge in [0.1, 0.15) is 11.5 Å². The Balaban J connectivity index is 2.23. The van der Waals surface area contributed by atoms with Crippen molar-refractivity contribution >= 4 is 5.78 Å². The van der Waals surface area contributed by atoms with Crippen LogP contribution in [-0.2, 0) is 4.79 Å². The summed E-state index contributed by atoms with van der Waals surface area (Å²) in [5.74, 6) is 0.0923. The lowest BCUT2D eigenvalue weighted by Crippen LogP contribution is -2.34. The third-order valence-corrected chi connectivity index (χ3v) is 2.29. The fourth-order valence-electron chi connectivity index (χ4n) is 1.46. The number of carbonyl (C=O) groups excluding carboxylic acids is 1. The summed E-state index contributed by atoms with van der Waals surface area (Å²) in [4.78, 5) is 11.0. The van der Waals surface area contributed by atoms with Crippen molar-refractivity contribution < 1.29 is 9.18 Å². The third-order valence-electron chi connectivity index (χ3n) is 2.29. The molecule has 0 saturated heterocycles. The second-order valence-corrected chi connectivity index (χ2v) is 3.47. The highest BCUT2D eigenvalue weighted by atomic mass is 19.1. The Bertz CT molecular complexity index is 150. The molecule has 0 aromatic rings. The summed E-state index contributed by atoms with van der Waals surface area (Å²) in [6, 6.07) is 0. The minimum Gasteiger partial charge on any atom is -0.300 e. The van der Waals surface area contributed by atoms with Gasteiger partial charge in [0.15, 0.2) is 0 Å². The van der Waals surface area contributed by atoms with Gasteiger partial charge >= 0.3 is 0 Å². The predicted octanol–water partition coefficient (Wildman–Crippen LogP) is 2.64. The molecule has 1 aliphatic carbocycles. The molecule has 0 heterocycles. The number of Topliss-reactive ketones (excluding diaryl/α,β-unsaturated/α-hetero) is 1. The first-order valence-corrected chi connectivity index (χ1v) is 4.37. The van der Waals surface area contributed by atoms with Gasteiger partial charge in [-0.05, 0) is 25.7 Å². The van der Waals surface area contributed by atoms with Crippen molar-refractivity contribution in [1.82, 2.24) is 0 Å². The minimum absolute atomic E-state index is 0.0923. The van der Waals surface area contributed by atoms with E-state index in [-0.39, 0.29) is 12.2 Å². The zero-order valence-corrected chi connectivity index (χ0v) is 7.03. The van der Waals surface area contributed by atoms with E-state index in [9.17, 15) is 9.18 Å². The van der Waals surface area contributed by atoms with Crippen LogP contribution in [-0.4, -0.2) is 11.5 Å². The van der Waals surface area contributed by atoms with Crippen molar-refractivity contribution in [1.29, 1.82) is 0 Å². The highest BCUT2D eigenvalue weighted by molar-refractivity contribution is 5.79. The third kappa shape index (κ3) is 2.28. The number of ketones is 1. The zero-order valence-electron chi connectivity index (χ0n) is 7.03. The van der Waals surface area contributed by atoms with E-state index in [1.54, 1.807) is 0 Å². The summed E-state index contributed by atoms with van der Waals surface area (Å²) >= 11 is 0. The topological polar surface area (TPSA) is 17.1 Å². The van der Waals surface area contributed by atoms with Gasteiger partial charge in [-0.25, -0.2) is 4.39 Å². The van der Waals surface area contributed by atoms with Crippen LogP contribution in [0, 0.1) is 0 Å². The second-order valence-electron chi connectivity index (χ2n) is 3.47. The van der Waals surface area contributed by atoms with E-state index in [1.165, 1.54) is 0 Å². The lowest BCUT2D eigenvalue weighted by atomic mass is 9.78. The molecule has 0 radical (unpaired) electrons. The highest BCUT2D eigenvalue weighted by Gasteiger charge is 2.38. The number of rotatable bonds is 4. The van der Waals surface area contributed by atoms with Gasteiger partial charge < -0.3 is 0 Å². The van der Waals surface area contributed by atoms with Crippen LogP contribution < -0.4 is 0 Å². The number of carbonyl (C=O) groups is 1. The van der Waals surface area contributed by atoms with E-state index in [4.69, 9.17) is 0 Å². The average molecular weight is 158 g/mol. The maximum Gasteiger partial charge on any atom is 0.136 e. The number of hydrogen-bond donors (Lipinski definition) is 0. The molecule has 0 spiro atoms. The largest absolute Gasteiger partial charge is 0.300 e. The molecule has 11 heavy (non-hydrogen) atoms. The van der Waals surface area contributed by atoms with Crippen molar-refractivity contribution in [3.05, 3.63) is 0 Å². The molecule has 1 rings (SSSR count). The molecule has 1 aliphatic rings. The van der Waals surface area contributed by atoms with Crippen molar-refractivity contribution in [2.24, 2.45) is 0 Å². The molecule has 0 amide bonds. The maximum atomic E-state index is 13.3. The standard InChI is InChI=1S/C9H15FO/c1-2-4-8(11)7-9(10)5-3-6-9/h2-7H2,1H3. The molecule has 0 aromatic heterocycles. The SMILES string of the molecule is CCCC(=O)CC1(F)CCC1. The zero-order chi connectivity index (χ0) is 8.32. The fraction of sp³-hybridized carbons (Fsp3) is 0.889. The Hall–Kier alpha value is -0.400. The van der Waals surface area contributed by atoms with Crippen molar-refractivity contribution in [3.8, 4) is 0 Å².